The molecule has 3 aliphatic rings. The molecule has 38 heavy (non-hydrogen) atoms. The van der Waals surface area contributed by atoms with Crippen LogP contribution in [0.15, 0.2) is 59.2 Å². The number of carbonyl (C=O) groups is 2. The van der Waals surface area contributed by atoms with Crippen LogP contribution in [-0.4, -0.2) is 53.7 Å². The molecule has 2 fully saturated rings. The molecule has 0 bridgehead atoms. The van der Waals surface area contributed by atoms with Gasteiger partial charge in [-0.05, 0) is 92.6 Å². The van der Waals surface area contributed by atoms with Crippen molar-refractivity contribution in [1.82, 2.24) is 9.91 Å². The molecule has 1 aliphatic carbocycles. The van der Waals surface area contributed by atoms with Gasteiger partial charge in [0.05, 0.1) is 30.8 Å². The number of hydrazone groups is 1. The number of ether oxygens (including phenoxy) is 1. The van der Waals surface area contributed by atoms with Gasteiger partial charge >= 0.3 is 5.97 Å². The monoisotopic (exact) mass is 553 g/mol. The fourth-order valence-corrected chi connectivity index (χ4v) is 6.13. The number of rotatable bonds is 6. The minimum Gasteiger partial charge on any atom is -0.466 e. The van der Waals surface area contributed by atoms with Crippen LogP contribution >= 0.6 is 23.2 Å². The number of halogens is 2. The van der Waals surface area contributed by atoms with E-state index in [-0.39, 0.29) is 36.3 Å². The Balaban J connectivity index is 1.42. The Labute approximate surface area is 234 Å². The van der Waals surface area contributed by atoms with Gasteiger partial charge in [-0.1, -0.05) is 47.5 Å². The number of hydrogen-bond donors (Lipinski definition) is 0. The lowest BCUT2D eigenvalue weighted by molar-refractivity contribution is -0.151. The average Bonchev–Trinajstić information content (AvgIpc) is 3.32. The molecule has 200 valence electrons. The van der Waals surface area contributed by atoms with Crippen LogP contribution in [0.5, 0.6) is 0 Å². The standard InChI is InChI=1S/C30H33Cl2N3O3/c1-2-38-30(37)23-6-4-16-34(18-23)19-27(36)35-29(21-10-14-25(32)15-11-21)26-7-3-5-22(28(26)33-35)17-20-8-12-24(31)13-9-20/h8-15,17,23,26,29H,2-7,16,18-19H2,1H3. The largest absolute Gasteiger partial charge is 0.466 e. The predicted molar refractivity (Wildman–Crippen MR) is 151 cm³/mol. The third-order valence-electron chi connectivity index (χ3n) is 7.66. The molecular formula is C30H33Cl2N3O3. The van der Waals surface area contributed by atoms with Gasteiger partial charge in [0, 0.05) is 22.5 Å². The van der Waals surface area contributed by atoms with Crippen molar-refractivity contribution in [3.05, 3.63) is 75.3 Å². The minimum absolute atomic E-state index is 0.0535. The van der Waals surface area contributed by atoms with Crippen LogP contribution in [0.1, 0.15) is 56.2 Å². The molecule has 0 spiro atoms. The second-order valence-corrected chi connectivity index (χ2v) is 11.1. The zero-order valence-electron chi connectivity index (χ0n) is 21.6. The smallest absolute Gasteiger partial charge is 0.310 e. The predicted octanol–water partition coefficient (Wildman–Crippen LogP) is 6.39. The number of likely N-dealkylation sites (tertiary alicyclic amines) is 1. The van der Waals surface area contributed by atoms with Gasteiger partial charge in [0.1, 0.15) is 0 Å². The van der Waals surface area contributed by atoms with Gasteiger partial charge in [0.2, 0.25) is 0 Å². The van der Waals surface area contributed by atoms with Crippen LogP contribution in [-0.2, 0) is 14.3 Å². The number of nitrogens with zero attached hydrogens (tertiary/aromatic N) is 3. The Hall–Kier alpha value is -2.67. The SMILES string of the molecule is CCOC(=O)C1CCCN(CC(=O)N2N=C3C(=Cc4ccc(Cl)cc4)CCCC3C2c2ccc(Cl)cc2)C1. The molecule has 1 saturated heterocycles. The lowest BCUT2D eigenvalue weighted by Crippen LogP contribution is -2.45. The van der Waals surface area contributed by atoms with Gasteiger partial charge in [-0.3, -0.25) is 14.5 Å². The van der Waals surface area contributed by atoms with E-state index in [2.05, 4.69) is 11.0 Å². The zero-order valence-corrected chi connectivity index (χ0v) is 23.1. The Morgan fingerprint density at radius 2 is 1.74 bits per heavy atom. The van der Waals surface area contributed by atoms with Gasteiger partial charge in [0.25, 0.3) is 5.91 Å². The zero-order chi connectivity index (χ0) is 26.6. The summed E-state index contributed by atoms with van der Waals surface area (Å²) in [6.07, 6.45) is 6.74. The number of benzene rings is 2. The van der Waals surface area contributed by atoms with Gasteiger partial charge in [-0.2, -0.15) is 5.10 Å². The molecule has 3 atom stereocenters. The number of hydrogen-bond acceptors (Lipinski definition) is 5. The first-order valence-electron chi connectivity index (χ1n) is 13.4. The molecule has 0 N–H and O–H groups in total. The average molecular weight is 555 g/mol. The maximum atomic E-state index is 13.8. The van der Waals surface area contributed by atoms with E-state index in [1.807, 2.05) is 55.5 Å². The minimum atomic E-state index is -0.190. The first-order chi connectivity index (χ1) is 18.4. The molecular weight excluding hydrogens is 521 g/mol. The summed E-state index contributed by atoms with van der Waals surface area (Å²) in [5.74, 6) is -0.304. The van der Waals surface area contributed by atoms with E-state index >= 15 is 0 Å². The van der Waals surface area contributed by atoms with Crippen LogP contribution in [0.25, 0.3) is 6.08 Å². The van der Waals surface area contributed by atoms with Gasteiger partial charge < -0.3 is 4.74 Å². The van der Waals surface area contributed by atoms with Crippen LogP contribution in [0.3, 0.4) is 0 Å². The summed E-state index contributed by atoms with van der Waals surface area (Å²) in [6.45, 7) is 3.73. The van der Waals surface area contributed by atoms with Gasteiger partial charge in [0.15, 0.2) is 0 Å². The highest BCUT2D eigenvalue weighted by molar-refractivity contribution is 6.30. The lowest BCUT2D eigenvalue weighted by Gasteiger charge is -2.33. The Bertz CT molecular complexity index is 1230. The van der Waals surface area contributed by atoms with Crippen LogP contribution in [0, 0.1) is 11.8 Å². The third-order valence-corrected chi connectivity index (χ3v) is 8.17. The van der Waals surface area contributed by atoms with E-state index in [1.54, 1.807) is 5.01 Å². The molecule has 3 unspecified atom stereocenters. The van der Waals surface area contributed by atoms with Crippen molar-refractivity contribution in [3.8, 4) is 0 Å². The van der Waals surface area contributed by atoms with Crippen molar-refractivity contribution in [2.45, 2.75) is 45.1 Å². The third kappa shape index (κ3) is 5.98. The first kappa shape index (κ1) is 26.9. The van der Waals surface area contributed by atoms with Crippen molar-refractivity contribution in [3.63, 3.8) is 0 Å². The fourth-order valence-electron chi connectivity index (χ4n) is 5.88. The molecule has 2 aliphatic heterocycles. The molecule has 8 heteroatoms. The number of carbonyl (C=O) groups excluding carboxylic acids is 2. The number of fused-ring (bicyclic) bond motifs is 1. The molecule has 2 aromatic carbocycles. The summed E-state index contributed by atoms with van der Waals surface area (Å²) in [4.78, 5) is 28.2. The molecule has 2 heterocycles. The summed E-state index contributed by atoms with van der Waals surface area (Å²) >= 11 is 12.3. The lowest BCUT2D eigenvalue weighted by atomic mass is 9.77. The summed E-state index contributed by atoms with van der Waals surface area (Å²) in [5, 5.41) is 8.05. The van der Waals surface area contributed by atoms with E-state index in [9.17, 15) is 9.59 Å². The number of piperidine rings is 1. The Kier molecular flexibility index (Phi) is 8.51. The van der Waals surface area contributed by atoms with Crippen molar-refractivity contribution in [2.75, 3.05) is 26.2 Å². The van der Waals surface area contributed by atoms with Crippen molar-refractivity contribution in [2.24, 2.45) is 16.9 Å². The molecule has 1 amide bonds. The summed E-state index contributed by atoms with van der Waals surface area (Å²) in [5.41, 5.74) is 4.25. The van der Waals surface area contributed by atoms with E-state index in [0.717, 1.165) is 61.1 Å². The van der Waals surface area contributed by atoms with Crippen molar-refractivity contribution >= 4 is 46.9 Å². The quantitative estimate of drug-likeness (QED) is 0.388. The van der Waals surface area contributed by atoms with Crippen molar-refractivity contribution < 1.29 is 14.3 Å². The molecule has 2 aromatic rings. The molecule has 1 saturated carbocycles. The van der Waals surface area contributed by atoms with Crippen molar-refractivity contribution in [1.29, 1.82) is 0 Å². The molecule has 5 rings (SSSR count). The Morgan fingerprint density at radius 1 is 1.03 bits per heavy atom. The maximum Gasteiger partial charge on any atom is 0.310 e. The Morgan fingerprint density at radius 3 is 2.45 bits per heavy atom. The summed E-state index contributed by atoms with van der Waals surface area (Å²) < 4.78 is 5.24. The van der Waals surface area contributed by atoms with Crippen LogP contribution < -0.4 is 0 Å². The highest BCUT2D eigenvalue weighted by atomic mass is 35.5. The highest BCUT2D eigenvalue weighted by Gasteiger charge is 2.44. The number of allylic oxidation sites excluding steroid dienone is 1. The first-order valence-corrected chi connectivity index (χ1v) is 14.2. The van der Waals surface area contributed by atoms with Crippen LogP contribution in [0.4, 0.5) is 0 Å². The van der Waals surface area contributed by atoms with Gasteiger partial charge in [-0.15, -0.1) is 0 Å². The second-order valence-electron chi connectivity index (χ2n) is 10.3. The molecule has 0 aromatic heterocycles. The topological polar surface area (TPSA) is 62.2 Å². The second kappa shape index (κ2) is 12.0. The maximum absolute atomic E-state index is 13.8. The normalized spacial score (nSPS) is 24.7. The molecule has 0 radical (unpaired) electrons. The fraction of sp³-hybridized carbons (Fsp3) is 0.433. The van der Waals surface area contributed by atoms with Gasteiger partial charge in [-0.25, -0.2) is 5.01 Å². The van der Waals surface area contributed by atoms with E-state index in [4.69, 9.17) is 33.0 Å². The number of esters is 1. The summed E-state index contributed by atoms with van der Waals surface area (Å²) in [7, 11) is 0. The highest BCUT2D eigenvalue weighted by Crippen LogP contribution is 2.44. The van der Waals surface area contributed by atoms with E-state index in [0.29, 0.717) is 23.2 Å². The van der Waals surface area contributed by atoms with E-state index < -0.39 is 0 Å². The van der Waals surface area contributed by atoms with E-state index in [1.165, 1.54) is 0 Å². The summed E-state index contributed by atoms with van der Waals surface area (Å²) in [6, 6.07) is 15.3. The van der Waals surface area contributed by atoms with Crippen LogP contribution in [0.2, 0.25) is 10.0 Å². The number of amides is 1. The molecule has 6 nitrogen and oxygen atoms in total.